The third-order valence-corrected chi connectivity index (χ3v) is 4.40. The Bertz CT molecular complexity index is 1170. The minimum absolute atomic E-state index is 0.276. The summed E-state index contributed by atoms with van der Waals surface area (Å²) in [6.07, 6.45) is 0. The molecule has 0 bridgehead atoms. The highest BCUT2D eigenvalue weighted by molar-refractivity contribution is 6.07. The van der Waals surface area contributed by atoms with Gasteiger partial charge in [-0.3, -0.25) is 4.79 Å². The molecule has 0 radical (unpaired) electrons. The van der Waals surface area contributed by atoms with Gasteiger partial charge in [-0.2, -0.15) is 0 Å². The van der Waals surface area contributed by atoms with Crippen molar-refractivity contribution in [2.45, 2.75) is 6.92 Å². The van der Waals surface area contributed by atoms with Crippen molar-refractivity contribution in [3.05, 3.63) is 77.6 Å². The van der Waals surface area contributed by atoms with E-state index >= 15 is 0 Å². The number of hydrogen-bond donors (Lipinski definition) is 1. The molecule has 1 amide bonds. The maximum absolute atomic E-state index is 13.1. The number of amides is 1. The van der Waals surface area contributed by atoms with E-state index in [1.54, 1.807) is 36.4 Å². The fourth-order valence-electron chi connectivity index (χ4n) is 3.02. The number of anilines is 1. The van der Waals surface area contributed by atoms with Gasteiger partial charge in [-0.05, 0) is 61.0 Å². The first kappa shape index (κ1) is 17.7. The molecule has 4 rings (SSSR count). The molecule has 0 saturated heterocycles. The van der Waals surface area contributed by atoms with E-state index in [-0.39, 0.29) is 11.7 Å². The molecule has 0 atom stereocenters. The van der Waals surface area contributed by atoms with Gasteiger partial charge in [-0.1, -0.05) is 12.1 Å². The summed E-state index contributed by atoms with van der Waals surface area (Å²) in [5, 5.41) is 2.86. The van der Waals surface area contributed by atoms with E-state index in [2.05, 4.69) is 10.3 Å². The van der Waals surface area contributed by atoms with Gasteiger partial charge in [-0.25, -0.2) is 9.37 Å². The highest BCUT2D eigenvalue weighted by Gasteiger charge is 2.15. The Morgan fingerprint density at radius 3 is 2.64 bits per heavy atom. The number of carbonyl (C=O) groups is 1. The van der Waals surface area contributed by atoms with Crippen molar-refractivity contribution in [2.75, 3.05) is 12.4 Å². The lowest BCUT2D eigenvalue weighted by Crippen LogP contribution is -2.13. The summed E-state index contributed by atoms with van der Waals surface area (Å²) in [5.74, 6) is 0.332. The zero-order chi connectivity index (χ0) is 19.7. The molecule has 0 spiro atoms. The standard InChI is InChI=1S/C22H17FN2O3/c1-13-4-3-5-17(20(13)27-2)21(26)24-16-10-11-19-18(12-16)25-22(28-19)14-6-8-15(23)9-7-14/h3-12H,1-2H3,(H,24,26). The van der Waals surface area contributed by atoms with Crippen LogP contribution in [0.2, 0.25) is 0 Å². The highest BCUT2D eigenvalue weighted by Crippen LogP contribution is 2.28. The second-order valence-electron chi connectivity index (χ2n) is 6.32. The van der Waals surface area contributed by atoms with Gasteiger partial charge in [0.2, 0.25) is 5.89 Å². The average Bonchev–Trinajstić information content (AvgIpc) is 3.11. The van der Waals surface area contributed by atoms with E-state index in [4.69, 9.17) is 9.15 Å². The number of carbonyl (C=O) groups excluding carboxylic acids is 1. The second-order valence-corrected chi connectivity index (χ2v) is 6.32. The van der Waals surface area contributed by atoms with Gasteiger partial charge in [0.15, 0.2) is 5.58 Å². The van der Waals surface area contributed by atoms with E-state index in [9.17, 15) is 9.18 Å². The fourth-order valence-corrected chi connectivity index (χ4v) is 3.02. The Hall–Kier alpha value is -3.67. The number of methoxy groups -OCH3 is 1. The smallest absolute Gasteiger partial charge is 0.259 e. The molecule has 1 N–H and O–H groups in total. The molecule has 0 fully saturated rings. The van der Waals surface area contributed by atoms with Crippen LogP contribution in [-0.4, -0.2) is 18.0 Å². The summed E-state index contributed by atoms with van der Waals surface area (Å²) in [5.41, 5.74) is 3.76. The number of fused-ring (bicyclic) bond motifs is 1. The van der Waals surface area contributed by atoms with Crippen LogP contribution < -0.4 is 10.1 Å². The molecule has 0 aliphatic rings. The molecule has 140 valence electrons. The number of benzene rings is 3. The van der Waals surface area contributed by atoms with Gasteiger partial charge in [0.25, 0.3) is 5.91 Å². The first-order valence-electron chi connectivity index (χ1n) is 8.66. The predicted molar refractivity (Wildman–Crippen MR) is 105 cm³/mol. The van der Waals surface area contributed by atoms with Crippen LogP contribution in [0.1, 0.15) is 15.9 Å². The number of hydrogen-bond acceptors (Lipinski definition) is 4. The number of oxazole rings is 1. The van der Waals surface area contributed by atoms with E-state index in [0.717, 1.165) is 5.56 Å². The van der Waals surface area contributed by atoms with Crippen LogP contribution in [0.15, 0.2) is 65.1 Å². The van der Waals surface area contributed by atoms with Gasteiger partial charge in [-0.15, -0.1) is 0 Å². The summed E-state index contributed by atoms with van der Waals surface area (Å²) in [4.78, 5) is 17.1. The molecule has 4 aromatic rings. The van der Waals surface area contributed by atoms with Gasteiger partial charge < -0.3 is 14.5 Å². The molecular formula is C22H17FN2O3. The Labute approximate surface area is 160 Å². The van der Waals surface area contributed by atoms with Crippen LogP contribution in [0.4, 0.5) is 10.1 Å². The molecule has 0 saturated carbocycles. The lowest BCUT2D eigenvalue weighted by atomic mass is 10.1. The van der Waals surface area contributed by atoms with Crippen LogP contribution >= 0.6 is 0 Å². The number of para-hydroxylation sites is 1. The minimum Gasteiger partial charge on any atom is -0.496 e. The third-order valence-electron chi connectivity index (χ3n) is 4.40. The molecule has 0 unspecified atom stereocenters. The van der Waals surface area contributed by atoms with Crippen molar-refractivity contribution in [2.24, 2.45) is 0 Å². The maximum Gasteiger partial charge on any atom is 0.259 e. The Morgan fingerprint density at radius 2 is 1.89 bits per heavy atom. The van der Waals surface area contributed by atoms with Crippen LogP contribution in [-0.2, 0) is 0 Å². The number of aromatic nitrogens is 1. The van der Waals surface area contributed by atoms with E-state index in [0.29, 0.717) is 39.6 Å². The van der Waals surface area contributed by atoms with Crippen LogP contribution in [0.25, 0.3) is 22.6 Å². The first-order valence-corrected chi connectivity index (χ1v) is 8.66. The first-order chi connectivity index (χ1) is 13.5. The molecule has 5 nitrogen and oxygen atoms in total. The number of nitrogens with zero attached hydrogens (tertiary/aromatic N) is 1. The van der Waals surface area contributed by atoms with E-state index in [1.165, 1.54) is 19.2 Å². The number of nitrogens with one attached hydrogen (secondary N) is 1. The normalized spacial score (nSPS) is 10.8. The zero-order valence-electron chi connectivity index (χ0n) is 15.3. The Morgan fingerprint density at radius 1 is 1.11 bits per heavy atom. The number of aryl methyl sites for hydroxylation is 1. The monoisotopic (exact) mass is 376 g/mol. The zero-order valence-corrected chi connectivity index (χ0v) is 15.3. The lowest BCUT2D eigenvalue weighted by Gasteiger charge is -2.11. The van der Waals surface area contributed by atoms with Gasteiger partial charge >= 0.3 is 0 Å². The molecule has 0 aliphatic heterocycles. The minimum atomic E-state index is -0.323. The third kappa shape index (κ3) is 3.32. The molecule has 1 heterocycles. The SMILES string of the molecule is COc1c(C)cccc1C(=O)Nc1ccc2oc(-c3ccc(F)cc3)nc2c1. The van der Waals surface area contributed by atoms with Gasteiger partial charge in [0, 0.05) is 11.3 Å². The van der Waals surface area contributed by atoms with Crippen molar-refractivity contribution in [3.63, 3.8) is 0 Å². The summed E-state index contributed by atoms with van der Waals surface area (Å²) < 4.78 is 24.2. The van der Waals surface area contributed by atoms with Crippen molar-refractivity contribution in [1.82, 2.24) is 4.98 Å². The van der Waals surface area contributed by atoms with Crippen molar-refractivity contribution < 1.29 is 18.3 Å². The van der Waals surface area contributed by atoms with Crippen LogP contribution in [0.5, 0.6) is 5.75 Å². The Kier molecular flexibility index (Phi) is 4.53. The largest absolute Gasteiger partial charge is 0.496 e. The molecule has 3 aromatic carbocycles. The summed E-state index contributed by atoms with van der Waals surface area (Å²) in [6.45, 7) is 1.88. The highest BCUT2D eigenvalue weighted by atomic mass is 19.1. The van der Waals surface area contributed by atoms with E-state index in [1.807, 2.05) is 19.1 Å². The number of ether oxygens (including phenoxy) is 1. The molecule has 1 aromatic heterocycles. The van der Waals surface area contributed by atoms with E-state index < -0.39 is 0 Å². The number of rotatable bonds is 4. The van der Waals surface area contributed by atoms with Gasteiger partial charge in [0.1, 0.15) is 17.1 Å². The maximum atomic E-state index is 13.1. The lowest BCUT2D eigenvalue weighted by molar-refractivity contribution is 0.102. The quantitative estimate of drug-likeness (QED) is 0.531. The average molecular weight is 376 g/mol. The van der Waals surface area contributed by atoms with Crippen molar-refractivity contribution in [3.8, 4) is 17.2 Å². The van der Waals surface area contributed by atoms with Gasteiger partial charge in [0.05, 0.1) is 12.7 Å². The molecular weight excluding hydrogens is 359 g/mol. The number of halogens is 1. The Balaban J connectivity index is 1.62. The van der Waals surface area contributed by atoms with Crippen molar-refractivity contribution in [1.29, 1.82) is 0 Å². The fraction of sp³-hybridized carbons (Fsp3) is 0.0909. The predicted octanol–water partition coefficient (Wildman–Crippen LogP) is 5.20. The second kappa shape index (κ2) is 7.15. The molecule has 0 aliphatic carbocycles. The topological polar surface area (TPSA) is 64.4 Å². The molecule has 28 heavy (non-hydrogen) atoms. The summed E-state index contributed by atoms with van der Waals surface area (Å²) in [6, 6.07) is 16.5. The molecule has 6 heteroatoms. The van der Waals surface area contributed by atoms with Crippen LogP contribution in [0, 0.1) is 12.7 Å². The van der Waals surface area contributed by atoms with Crippen molar-refractivity contribution >= 4 is 22.7 Å². The van der Waals surface area contributed by atoms with Crippen LogP contribution in [0.3, 0.4) is 0 Å². The summed E-state index contributed by atoms with van der Waals surface area (Å²) in [7, 11) is 1.54. The summed E-state index contributed by atoms with van der Waals surface area (Å²) >= 11 is 0.